The van der Waals surface area contributed by atoms with E-state index < -0.39 is 11.5 Å². The fourth-order valence-electron chi connectivity index (χ4n) is 2.34. The lowest BCUT2D eigenvalue weighted by Crippen LogP contribution is -2.30. The number of hydrogen-bond acceptors (Lipinski definition) is 4. The number of halogens is 1. The zero-order chi connectivity index (χ0) is 19.7. The van der Waals surface area contributed by atoms with Crippen molar-refractivity contribution in [2.75, 3.05) is 7.11 Å². The van der Waals surface area contributed by atoms with Gasteiger partial charge in [0.05, 0.1) is 24.8 Å². The molecule has 0 aliphatic rings. The Hall–Kier alpha value is -1.63. The van der Waals surface area contributed by atoms with E-state index in [1.54, 1.807) is 32.0 Å². The van der Waals surface area contributed by atoms with Crippen molar-refractivity contribution in [2.45, 2.75) is 52.2 Å². The lowest BCUT2D eigenvalue weighted by atomic mass is 9.95. The standard InChI is InChI=1S/C19H25ClN2O3S/c1-18(2,3)15-10-22(11-19(4,5)24)17(26-15)21-16(23)13-9-12(20)7-8-14(13)25-6/h7-10,24H,11H2,1-6H3/b21-17-. The minimum Gasteiger partial charge on any atom is -0.496 e. The SMILES string of the molecule is COc1ccc(Cl)cc1C(=O)/N=c1\sc(C(C)(C)C)cn1CC(C)(C)O. The van der Waals surface area contributed by atoms with E-state index in [0.717, 1.165) is 4.88 Å². The van der Waals surface area contributed by atoms with Crippen LogP contribution in [0.5, 0.6) is 5.75 Å². The Morgan fingerprint density at radius 1 is 1.31 bits per heavy atom. The van der Waals surface area contributed by atoms with Crippen LogP contribution in [0, 0.1) is 0 Å². The lowest BCUT2D eigenvalue weighted by molar-refractivity contribution is 0.0604. The summed E-state index contributed by atoms with van der Waals surface area (Å²) in [6, 6.07) is 4.85. The topological polar surface area (TPSA) is 63.8 Å². The second-order valence-corrected chi connectivity index (χ2v) is 9.28. The largest absolute Gasteiger partial charge is 0.496 e. The average Bonchev–Trinajstić information content (AvgIpc) is 2.88. The van der Waals surface area contributed by atoms with Crippen LogP contribution in [0.4, 0.5) is 0 Å². The molecule has 2 rings (SSSR count). The molecule has 0 atom stereocenters. The van der Waals surface area contributed by atoms with Gasteiger partial charge in [0, 0.05) is 16.1 Å². The van der Waals surface area contributed by atoms with Crippen LogP contribution in [0.15, 0.2) is 29.4 Å². The molecule has 0 aliphatic carbocycles. The Morgan fingerprint density at radius 3 is 2.50 bits per heavy atom. The number of amides is 1. The van der Waals surface area contributed by atoms with Crippen molar-refractivity contribution in [3.8, 4) is 5.75 Å². The van der Waals surface area contributed by atoms with Crippen molar-refractivity contribution < 1.29 is 14.6 Å². The van der Waals surface area contributed by atoms with Crippen molar-refractivity contribution in [1.29, 1.82) is 0 Å². The predicted octanol–water partition coefficient (Wildman–Crippen LogP) is 4.02. The minimum atomic E-state index is -0.929. The van der Waals surface area contributed by atoms with Gasteiger partial charge in [-0.15, -0.1) is 11.3 Å². The van der Waals surface area contributed by atoms with Gasteiger partial charge in [-0.05, 0) is 37.5 Å². The van der Waals surface area contributed by atoms with Crippen LogP contribution in [0.2, 0.25) is 5.02 Å². The first kappa shape index (κ1) is 20.7. The Morgan fingerprint density at radius 2 is 1.96 bits per heavy atom. The van der Waals surface area contributed by atoms with Gasteiger partial charge < -0.3 is 14.4 Å². The molecule has 1 N–H and O–H groups in total. The third-order valence-electron chi connectivity index (χ3n) is 3.61. The van der Waals surface area contributed by atoms with Crippen LogP contribution >= 0.6 is 22.9 Å². The molecular weight excluding hydrogens is 372 g/mol. The van der Waals surface area contributed by atoms with E-state index in [9.17, 15) is 9.90 Å². The zero-order valence-electron chi connectivity index (χ0n) is 16.0. The Kier molecular flexibility index (Phi) is 6.00. The van der Waals surface area contributed by atoms with Crippen molar-refractivity contribution in [3.05, 3.63) is 44.7 Å². The number of nitrogens with zero attached hydrogens (tertiary/aromatic N) is 2. The summed E-state index contributed by atoms with van der Waals surface area (Å²) in [5, 5.41) is 10.6. The molecule has 1 heterocycles. The number of aliphatic hydroxyl groups is 1. The molecule has 0 fully saturated rings. The van der Waals surface area contributed by atoms with Crippen LogP contribution < -0.4 is 9.54 Å². The number of thiazole rings is 1. The number of hydrogen-bond donors (Lipinski definition) is 1. The maximum atomic E-state index is 12.7. The normalized spacial score (nSPS) is 13.2. The molecule has 26 heavy (non-hydrogen) atoms. The maximum Gasteiger partial charge on any atom is 0.283 e. The van der Waals surface area contributed by atoms with Gasteiger partial charge in [0.25, 0.3) is 5.91 Å². The highest BCUT2D eigenvalue weighted by Gasteiger charge is 2.22. The molecule has 1 amide bonds. The summed E-state index contributed by atoms with van der Waals surface area (Å²) in [5.74, 6) is -0.0130. The van der Waals surface area contributed by atoms with Gasteiger partial charge in [-0.25, -0.2) is 0 Å². The molecule has 1 aromatic carbocycles. The van der Waals surface area contributed by atoms with E-state index in [4.69, 9.17) is 16.3 Å². The monoisotopic (exact) mass is 396 g/mol. The third-order valence-corrected chi connectivity index (χ3v) is 5.29. The van der Waals surface area contributed by atoms with Crippen molar-refractivity contribution >= 4 is 28.8 Å². The highest BCUT2D eigenvalue weighted by atomic mass is 35.5. The molecule has 0 saturated carbocycles. The summed E-state index contributed by atoms with van der Waals surface area (Å²) in [6.07, 6.45) is 1.95. The Bertz CT molecular complexity index is 870. The number of methoxy groups -OCH3 is 1. The molecule has 142 valence electrons. The third kappa shape index (κ3) is 5.19. The summed E-state index contributed by atoms with van der Waals surface area (Å²) >= 11 is 7.46. The van der Waals surface area contributed by atoms with Crippen molar-refractivity contribution in [1.82, 2.24) is 4.57 Å². The van der Waals surface area contributed by atoms with Crippen LogP contribution in [-0.2, 0) is 12.0 Å². The summed E-state index contributed by atoms with van der Waals surface area (Å²) in [4.78, 5) is 18.6. The number of benzene rings is 1. The van der Waals surface area contributed by atoms with Gasteiger partial charge in [-0.2, -0.15) is 4.99 Å². The molecule has 0 aliphatic heterocycles. The van der Waals surface area contributed by atoms with E-state index in [1.165, 1.54) is 18.4 Å². The maximum absolute atomic E-state index is 12.7. The van der Waals surface area contributed by atoms with Gasteiger partial charge in [-0.3, -0.25) is 4.79 Å². The average molecular weight is 397 g/mol. The van der Waals surface area contributed by atoms with Crippen LogP contribution in [-0.4, -0.2) is 28.3 Å². The van der Waals surface area contributed by atoms with Gasteiger partial charge in [0.2, 0.25) is 0 Å². The summed E-state index contributed by atoms with van der Waals surface area (Å²) in [6.45, 7) is 10.1. The molecule has 0 radical (unpaired) electrons. The van der Waals surface area contributed by atoms with E-state index >= 15 is 0 Å². The Balaban J connectivity index is 2.57. The molecule has 0 saturated heterocycles. The first-order chi connectivity index (χ1) is 11.9. The molecule has 0 spiro atoms. The van der Waals surface area contributed by atoms with Crippen molar-refractivity contribution in [2.24, 2.45) is 4.99 Å². The van der Waals surface area contributed by atoms with Gasteiger partial charge in [0.15, 0.2) is 4.80 Å². The molecule has 0 bridgehead atoms. The molecule has 2 aromatic rings. The minimum absolute atomic E-state index is 0.0867. The number of aromatic nitrogens is 1. The fraction of sp³-hybridized carbons (Fsp3) is 0.474. The Labute approximate surface area is 162 Å². The van der Waals surface area contributed by atoms with Gasteiger partial charge >= 0.3 is 0 Å². The second-order valence-electron chi connectivity index (χ2n) is 7.83. The van der Waals surface area contributed by atoms with E-state index in [-0.39, 0.29) is 5.41 Å². The molecule has 5 nitrogen and oxygen atoms in total. The number of rotatable bonds is 4. The summed E-state index contributed by atoms with van der Waals surface area (Å²) in [7, 11) is 1.50. The summed E-state index contributed by atoms with van der Waals surface area (Å²) < 4.78 is 7.07. The highest BCUT2D eigenvalue weighted by molar-refractivity contribution is 7.09. The highest BCUT2D eigenvalue weighted by Crippen LogP contribution is 2.26. The smallest absolute Gasteiger partial charge is 0.283 e. The fourth-order valence-corrected chi connectivity index (χ4v) is 3.56. The zero-order valence-corrected chi connectivity index (χ0v) is 17.5. The molecule has 1 aromatic heterocycles. The van der Waals surface area contributed by atoms with E-state index in [1.807, 2.05) is 10.8 Å². The van der Waals surface area contributed by atoms with Gasteiger partial charge in [0.1, 0.15) is 5.75 Å². The van der Waals surface area contributed by atoms with Gasteiger partial charge in [-0.1, -0.05) is 32.4 Å². The first-order valence-electron chi connectivity index (χ1n) is 8.26. The molecular formula is C19H25ClN2O3S. The van der Waals surface area contributed by atoms with Crippen LogP contribution in [0.25, 0.3) is 0 Å². The molecule has 7 heteroatoms. The van der Waals surface area contributed by atoms with Crippen molar-refractivity contribution in [3.63, 3.8) is 0 Å². The summed E-state index contributed by atoms with van der Waals surface area (Å²) in [5.41, 5.74) is -0.709. The number of carbonyl (C=O) groups excluding carboxylic acids is 1. The predicted molar refractivity (Wildman–Crippen MR) is 105 cm³/mol. The molecule has 0 unspecified atom stereocenters. The van der Waals surface area contributed by atoms with E-state index in [0.29, 0.717) is 27.7 Å². The first-order valence-corrected chi connectivity index (χ1v) is 9.46. The second kappa shape index (κ2) is 7.55. The van der Waals surface area contributed by atoms with E-state index in [2.05, 4.69) is 25.8 Å². The van der Waals surface area contributed by atoms with Crippen LogP contribution in [0.1, 0.15) is 49.9 Å². The number of ether oxygens (including phenoxy) is 1. The van der Waals surface area contributed by atoms with Crippen LogP contribution in [0.3, 0.4) is 0 Å². The lowest BCUT2D eigenvalue weighted by Gasteiger charge is -2.18. The quantitative estimate of drug-likeness (QED) is 0.848. The number of carbonyl (C=O) groups is 1.